The fraction of sp³-hybridized carbons (Fsp3) is 0.500. The van der Waals surface area contributed by atoms with Crippen LogP contribution in [-0.4, -0.2) is 23.4 Å². The first-order valence-corrected chi connectivity index (χ1v) is 5.99. The van der Waals surface area contributed by atoms with E-state index >= 15 is 0 Å². The van der Waals surface area contributed by atoms with E-state index in [1.54, 1.807) is 12.1 Å². The third kappa shape index (κ3) is 3.34. The molecule has 0 radical (unpaired) electrons. The number of hydrogen-bond donors (Lipinski definition) is 0. The molecule has 0 amide bonds. The summed E-state index contributed by atoms with van der Waals surface area (Å²) in [6.45, 7) is 4.56. The average molecular weight is 264 g/mol. The van der Waals surface area contributed by atoms with Gasteiger partial charge >= 0.3 is 0 Å². The minimum absolute atomic E-state index is 0.159. The van der Waals surface area contributed by atoms with E-state index in [0.717, 1.165) is 0 Å². The van der Waals surface area contributed by atoms with Crippen LogP contribution in [0.5, 0.6) is 0 Å². The van der Waals surface area contributed by atoms with Crippen molar-refractivity contribution >= 4 is 23.2 Å². The largest absolute Gasteiger partial charge is 0.296 e. The molecule has 90 valence electrons. The van der Waals surface area contributed by atoms with Gasteiger partial charge in [0.25, 0.3) is 0 Å². The molecule has 0 saturated carbocycles. The molecule has 16 heavy (non-hydrogen) atoms. The summed E-state index contributed by atoms with van der Waals surface area (Å²) in [6, 6.07) is 4.73. The molecular formula is C12H16Cl2FN. The predicted octanol–water partition coefficient (Wildman–Crippen LogP) is 3.93. The Hall–Kier alpha value is -0.310. The summed E-state index contributed by atoms with van der Waals surface area (Å²) in [5.74, 6) is 0.225. The van der Waals surface area contributed by atoms with Gasteiger partial charge in [-0.15, -0.1) is 11.6 Å². The van der Waals surface area contributed by atoms with E-state index in [2.05, 4.69) is 0 Å². The Bertz CT molecular complexity index is 366. The van der Waals surface area contributed by atoms with E-state index in [1.807, 2.05) is 25.8 Å². The van der Waals surface area contributed by atoms with Gasteiger partial charge in [0, 0.05) is 28.5 Å². The molecule has 0 aliphatic rings. The van der Waals surface area contributed by atoms with Crippen molar-refractivity contribution in [3.8, 4) is 0 Å². The molecule has 0 fully saturated rings. The first-order chi connectivity index (χ1) is 7.36. The Morgan fingerprint density at radius 1 is 1.38 bits per heavy atom. The van der Waals surface area contributed by atoms with Crippen LogP contribution in [0.3, 0.4) is 0 Å². The molecule has 0 N–H and O–H groups in total. The molecule has 1 aromatic rings. The number of halogens is 3. The number of nitrogens with zero attached hydrogens (tertiary/aromatic N) is 1. The van der Waals surface area contributed by atoms with Gasteiger partial charge in [0.15, 0.2) is 0 Å². The first-order valence-electron chi connectivity index (χ1n) is 5.08. The highest BCUT2D eigenvalue weighted by molar-refractivity contribution is 6.30. The number of rotatable bonds is 4. The standard InChI is InChI=1S/C12H16Cl2FN/c1-12(2,8-13)16(3)7-9-4-5-10(14)6-11(9)15/h4-6H,7-8H2,1-3H3. The van der Waals surface area contributed by atoms with Crippen LogP contribution in [0, 0.1) is 5.82 Å². The highest BCUT2D eigenvalue weighted by Gasteiger charge is 2.22. The molecule has 4 heteroatoms. The van der Waals surface area contributed by atoms with Crippen molar-refractivity contribution in [3.63, 3.8) is 0 Å². The minimum Gasteiger partial charge on any atom is -0.296 e. The fourth-order valence-electron chi connectivity index (χ4n) is 1.22. The molecule has 0 aliphatic carbocycles. The topological polar surface area (TPSA) is 3.24 Å². The van der Waals surface area contributed by atoms with Gasteiger partial charge in [0.1, 0.15) is 5.82 Å². The van der Waals surface area contributed by atoms with E-state index in [9.17, 15) is 4.39 Å². The maximum absolute atomic E-state index is 13.6. The summed E-state index contributed by atoms with van der Waals surface area (Å²) < 4.78 is 13.6. The Labute approximate surface area is 106 Å². The lowest BCUT2D eigenvalue weighted by Gasteiger charge is -2.33. The van der Waals surface area contributed by atoms with Crippen LogP contribution in [0.1, 0.15) is 19.4 Å². The van der Waals surface area contributed by atoms with Gasteiger partial charge in [-0.05, 0) is 33.0 Å². The van der Waals surface area contributed by atoms with Crippen molar-refractivity contribution in [2.45, 2.75) is 25.9 Å². The number of hydrogen-bond acceptors (Lipinski definition) is 1. The van der Waals surface area contributed by atoms with Gasteiger partial charge in [-0.3, -0.25) is 4.90 Å². The van der Waals surface area contributed by atoms with E-state index < -0.39 is 0 Å². The molecule has 1 nitrogen and oxygen atoms in total. The first kappa shape index (κ1) is 13.8. The lowest BCUT2D eigenvalue weighted by atomic mass is 10.1. The summed E-state index contributed by atoms with van der Waals surface area (Å²) in [4.78, 5) is 2.02. The Morgan fingerprint density at radius 3 is 2.50 bits per heavy atom. The highest BCUT2D eigenvalue weighted by atomic mass is 35.5. The summed E-state index contributed by atoms with van der Waals surface area (Å²) in [7, 11) is 1.93. The highest BCUT2D eigenvalue weighted by Crippen LogP contribution is 2.20. The quantitative estimate of drug-likeness (QED) is 0.745. The molecule has 0 unspecified atom stereocenters. The van der Waals surface area contributed by atoms with E-state index in [1.165, 1.54) is 6.07 Å². The Morgan fingerprint density at radius 2 is 2.00 bits per heavy atom. The molecular weight excluding hydrogens is 248 g/mol. The van der Waals surface area contributed by atoms with Crippen molar-refractivity contribution in [1.82, 2.24) is 4.90 Å². The number of benzene rings is 1. The van der Waals surface area contributed by atoms with Crippen molar-refractivity contribution in [2.24, 2.45) is 0 Å². The smallest absolute Gasteiger partial charge is 0.129 e. The molecule has 0 atom stereocenters. The van der Waals surface area contributed by atoms with Crippen LogP contribution in [-0.2, 0) is 6.54 Å². The van der Waals surface area contributed by atoms with Crippen LogP contribution in [0.15, 0.2) is 18.2 Å². The van der Waals surface area contributed by atoms with Crippen LogP contribution >= 0.6 is 23.2 Å². The maximum atomic E-state index is 13.6. The van der Waals surface area contributed by atoms with Crippen LogP contribution in [0.4, 0.5) is 4.39 Å². The van der Waals surface area contributed by atoms with E-state index in [0.29, 0.717) is 23.0 Å². The summed E-state index contributed by atoms with van der Waals surface area (Å²) in [5, 5.41) is 0.417. The van der Waals surface area contributed by atoms with E-state index in [4.69, 9.17) is 23.2 Å². The zero-order valence-electron chi connectivity index (χ0n) is 9.73. The maximum Gasteiger partial charge on any atom is 0.129 e. The van der Waals surface area contributed by atoms with Crippen LogP contribution in [0.2, 0.25) is 5.02 Å². The van der Waals surface area contributed by atoms with Crippen molar-refractivity contribution in [3.05, 3.63) is 34.6 Å². The predicted molar refractivity (Wildman–Crippen MR) is 67.7 cm³/mol. The van der Waals surface area contributed by atoms with Gasteiger partial charge in [-0.25, -0.2) is 4.39 Å². The van der Waals surface area contributed by atoms with Gasteiger partial charge < -0.3 is 0 Å². The zero-order valence-corrected chi connectivity index (χ0v) is 11.2. The normalized spacial score (nSPS) is 12.2. The lowest BCUT2D eigenvalue weighted by Crippen LogP contribution is -2.42. The van der Waals surface area contributed by atoms with Gasteiger partial charge in [0.05, 0.1) is 0 Å². The van der Waals surface area contributed by atoms with E-state index in [-0.39, 0.29) is 11.4 Å². The van der Waals surface area contributed by atoms with Crippen molar-refractivity contribution in [2.75, 3.05) is 12.9 Å². The SMILES string of the molecule is CN(Cc1ccc(Cl)cc1F)C(C)(C)CCl. The summed E-state index contributed by atoms with van der Waals surface area (Å²) >= 11 is 11.6. The molecule has 0 bridgehead atoms. The number of alkyl halides is 1. The second-order valence-electron chi connectivity index (χ2n) is 4.54. The van der Waals surface area contributed by atoms with Gasteiger partial charge in [-0.1, -0.05) is 17.7 Å². The molecule has 1 aromatic carbocycles. The van der Waals surface area contributed by atoms with Crippen LogP contribution < -0.4 is 0 Å². The molecule has 0 spiro atoms. The van der Waals surface area contributed by atoms with Crippen molar-refractivity contribution in [1.29, 1.82) is 0 Å². The second-order valence-corrected chi connectivity index (χ2v) is 5.24. The van der Waals surface area contributed by atoms with Crippen LogP contribution in [0.25, 0.3) is 0 Å². The monoisotopic (exact) mass is 263 g/mol. The fourth-order valence-corrected chi connectivity index (χ4v) is 1.58. The molecule has 0 aliphatic heterocycles. The molecule has 0 aromatic heterocycles. The zero-order chi connectivity index (χ0) is 12.3. The third-order valence-electron chi connectivity index (χ3n) is 2.78. The molecule has 0 saturated heterocycles. The van der Waals surface area contributed by atoms with Gasteiger partial charge in [-0.2, -0.15) is 0 Å². The average Bonchev–Trinajstić information content (AvgIpc) is 2.22. The Balaban J connectivity index is 2.81. The van der Waals surface area contributed by atoms with Crippen molar-refractivity contribution < 1.29 is 4.39 Å². The lowest BCUT2D eigenvalue weighted by molar-refractivity contribution is 0.169. The Kier molecular flexibility index (Phi) is 4.60. The second kappa shape index (κ2) is 5.35. The summed E-state index contributed by atoms with van der Waals surface area (Å²) in [6.07, 6.45) is 0. The summed E-state index contributed by atoms with van der Waals surface area (Å²) in [5.41, 5.74) is 0.471. The molecule has 0 heterocycles. The minimum atomic E-state index is -0.273. The third-order valence-corrected chi connectivity index (χ3v) is 3.67. The van der Waals surface area contributed by atoms with Gasteiger partial charge in [0.2, 0.25) is 0 Å². The molecule has 1 rings (SSSR count).